The Kier molecular flexibility index (Phi) is 5.72. The average molecular weight is 340 g/mol. The molecule has 1 atom stereocenters. The Morgan fingerprint density at radius 2 is 2.08 bits per heavy atom. The van der Waals surface area contributed by atoms with Crippen LogP contribution in [0.1, 0.15) is 24.4 Å². The lowest BCUT2D eigenvalue weighted by Gasteiger charge is -2.25. The van der Waals surface area contributed by atoms with Gasteiger partial charge in [-0.05, 0) is 42.7 Å². The van der Waals surface area contributed by atoms with Crippen LogP contribution in [0.15, 0.2) is 48.7 Å². The molecule has 25 heavy (non-hydrogen) atoms. The second-order valence-corrected chi connectivity index (χ2v) is 6.00. The molecule has 0 bridgehead atoms. The fraction of sp³-hybridized carbons (Fsp3) is 0.368. The summed E-state index contributed by atoms with van der Waals surface area (Å²) in [5.74, 6) is 1.65. The van der Waals surface area contributed by atoms with Gasteiger partial charge in [-0.2, -0.15) is 0 Å². The monoisotopic (exact) mass is 340 g/mol. The minimum Gasteiger partial charge on any atom is -0.497 e. The molecule has 6 nitrogen and oxygen atoms in total. The summed E-state index contributed by atoms with van der Waals surface area (Å²) in [4.78, 5) is 18.6. The van der Waals surface area contributed by atoms with E-state index in [4.69, 9.17) is 4.74 Å². The summed E-state index contributed by atoms with van der Waals surface area (Å²) in [5.41, 5.74) is 1.15. The molecule has 2 amide bonds. The quantitative estimate of drug-likeness (QED) is 0.793. The van der Waals surface area contributed by atoms with Crippen LogP contribution in [0.3, 0.4) is 0 Å². The molecule has 6 heteroatoms. The maximum Gasteiger partial charge on any atom is 0.317 e. The third-order valence-electron chi connectivity index (χ3n) is 4.39. The third-order valence-corrected chi connectivity index (χ3v) is 4.39. The highest BCUT2D eigenvalue weighted by Crippen LogP contribution is 2.32. The van der Waals surface area contributed by atoms with Crippen molar-refractivity contribution in [1.29, 1.82) is 0 Å². The Morgan fingerprint density at radius 1 is 1.24 bits per heavy atom. The summed E-state index contributed by atoms with van der Waals surface area (Å²) >= 11 is 0. The fourth-order valence-corrected chi connectivity index (χ4v) is 3.11. The van der Waals surface area contributed by atoms with E-state index in [0.717, 1.165) is 36.5 Å². The normalized spacial score (nSPS) is 16.5. The molecule has 132 valence electrons. The number of benzene rings is 1. The van der Waals surface area contributed by atoms with Gasteiger partial charge >= 0.3 is 6.03 Å². The maximum absolute atomic E-state index is 12.5. The Morgan fingerprint density at radius 3 is 2.80 bits per heavy atom. The van der Waals surface area contributed by atoms with Gasteiger partial charge in [0.1, 0.15) is 11.6 Å². The smallest absolute Gasteiger partial charge is 0.317 e. The van der Waals surface area contributed by atoms with Crippen molar-refractivity contribution >= 4 is 11.8 Å². The number of hydrogen-bond donors (Lipinski definition) is 2. The number of nitrogens with one attached hydrogen (secondary N) is 2. The Balaban J connectivity index is 1.50. The van der Waals surface area contributed by atoms with Gasteiger partial charge in [-0.15, -0.1) is 0 Å². The van der Waals surface area contributed by atoms with Crippen LogP contribution in [0.25, 0.3) is 0 Å². The van der Waals surface area contributed by atoms with Crippen LogP contribution in [0.2, 0.25) is 0 Å². The summed E-state index contributed by atoms with van der Waals surface area (Å²) in [7, 11) is 1.66. The van der Waals surface area contributed by atoms with Crippen molar-refractivity contribution in [2.24, 2.45) is 0 Å². The van der Waals surface area contributed by atoms with Crippen LogP contribution in [-0.4, -0.2) is 42.7 Å². The standard InChI is InChI=1S/C19H24N4O2/c1-25-16-9-7-15(8-10-16)17-5-4-14-23(17)19(24)22-13-12-21-18-6-2-3-11-20-18/h2-3,6-11,17H,4-5,12-14H2,1H3,(H,20,21)(H,22,24)/t17-/m0/s1. The molecule has 1 aliphatic rings. The van der Waals surface area contributed by atoms with E-state index in [1.54, 1.807) is 13.3 Å². The fourth-order valence-electron chi connectivity index (χ4n) is 3.11. The van der Waals surface area contributed by atoms with Gasteiger partial charge in [-0.1, -0.05) is 18.2 Å². The van der Waals surface area contributed by atoms with Gasteiger partial charge in [0.15, 0.2) is 0 Å². The molecule has 1 aromatic heterocycles. The highest BCUT2D eigenvalue weighted by molar-refractivity contribution is 5.75. The van der Waals surface area contributed by atoms with Crippen LogP contribution in [0, 0.1) is 0 Å². The lowest BCUT2D eigenvalue weighted by atomic mass is 10.0. The molecule has 0 unspecified atom stereocenters. The summed E-state index contributed by atoms with van der Waals surface area (Å²) < 4.78 is 5.20. The first-order valence-electron chi connectivity index (χ1n) is 8.61. The van der Waals surface area contributed by atoms with Gasteiger partial charge < -0.3 is 20.3 Å². The molecule has 0 radical (unpaired) electrons. The lowest BCUT2D eigenvalue weighted by Crippen LogP contribution is -2.41. The minimum absolute atomic E-state index is 0.0128. The van der Waals surface area contributed by atoms with Crippen molar-refractivity contribution in [2.45, 2.75) is 18.9 Å². The molecule has 3 rings (SSSR count). The van der Waals surface area contributed by atoms with Crippen LogP contribution in [-0.2, 0) is 0 Å². The molecule has 2 heterocycles. The van der Waals surface area contributed by atoms with E-state index >= 15 is 0 Å². The summed E-state index contributed by atoms with van der Waals surface area (Å²) in [6.45, 7) is 1.99. The Hall–Kier alpha value is -2.76. The van der Waals surface area contributed by atoms with Crippen LogP contribution in [0.5, 0.6) is 5.75 Å². The van der Waals surface area contributed by atoms with Crippen molar-refractivity contribution in [3.8, 4) is 5.75 Å². The molecule has 0 aliphatic carbocycles. The molecule has 1 fully saturated rings. The van der Waals surface area contributed by atoms with E-state index in [2.05, 4.69) is 15.6 Å². The number of likely N-dealkylation sites (tertiary alicyclic amines) is 1. The SMILES string of the molecule is COc1ccc([C@@H]2CCCN2C(=O)NCCNc2ccccn2)cc1. The van der Waals surface area contributed by atoms with Gasteiger partial charge in [-0.3, -0.25) is 0 Å². The number of pyridine rings is 1. The number of amides is 2. The topological polar surface area (TPSA) is 66.5 Å². The van der Waals surface area contributed by atoms with Crippen molar-refractivity contribution in [3.05, 3.63) is 54.2 Å². The van der Waals surface area contributed by atoms with Crippen molar-refractivity contribution in [3.63, 3.8) is 0 Å². The van der Waals surface area contributed by atoms with E-state index < -0.39 is 0 Å². The van der Waals surface area contributed by atoms with Crippen LogP contribution < -0.4 is 15.4 Å². The number of aromatic nitrogens is 1. The van der Waals surface area contributed by atoms with Gasteiger partial charge in [0.2, 0.25) is 0 Å². The molecule has 1 aliphatic heterocycles. The molecule has 2 aromatic rings. The summed E-state index contributed by atoms with van der Waals surface area (Å²) in [6, 6.07) is 13.8. The second-order valence-electron chi connectivity index (χ2n) is 6.00. The van der Waals surface area contributed by atoms with E-state index in [-0.39, 0.29) is 12.1 Å². The van der Waals surface area contributed by atoms with Gasteiger partial charge in [-0.25, -0.2) is 9.78 Å². The number of nitrogens with zero attached hydrogens (tertiary/aromatic N) is 2. The van der Waals surface area contributed by atoms with E-state index in [9.17, 15) is 4.79 Å². The molecule has 0 saturated carbocycles. The maximum atomic E-state index is 12.5. The molecular formula is C19H24N4O2. The molecule has 1 saturated heterocycles. The zero-order chi connectivity index (χ0) is 17.5. The van der Waals surface area contributed by atoms with E-state index in [0.29, 0.717) is 13.1 Å². The molecule has 2 N–H and O–H groups in total. The second kappa shape index (κ2) is 8.37. The number of methoxy groups -OCH3 is 1. The largest absolute Gasteiger partial charge is 0.497 e. The van der Waals surface area contributed by atoms with Crippen molar-refractivity contribution < 1.29 is 9.53 Å². The number of ether oxygens (including phenoxy) is 1. The molecular weight excluding hydrogens is 316 g/mol. The first-order valence-corrected chi connectivity index (χ1v) is 8.61. The van der Waals surface area contributed by atoms with Crippen LogP contribution in [0.4, 0.5) is 10.6 Å². The first-order chi connectivity index (χ1) is 12.3. The Bertz CT molecular complexity index is 676. The Labute approximate surface area is 148 Å². The average Bonchev–Trinajstić information content (AvgIpc) is 3.16. The lowest BCUT2D eigenvalue weighted by molar-refractivity contribution is 0.193. The predicted molar refractivity (Wildman–Crippen MR) is 97.8 cm³/mol. The van der Waals surface area contributed by atoms with Gasteiger partial charge in [0.25, 0.3) is 0 Å². The predicted octanol–water partition coefficient (Wildman–Crippen LogP) is 3.05. The summed E-state index contributed by atoms with van der Waals surface area (Å²) in [6.07, 6.45) is 3.76. The first kappa shape index (κ1) is 17.1. The van der Waals surface area contributed by atoms with Crippen molar-refractivity contribution in [2.75, 3.05) is 32.1 Å². The number of anilines is 1. The number of hydrogen-bond acceptors (Lipinski definition) is 4. The summed E-state index contributed by atoms with van der Waals surface area (Å²) in [5, 5.41) is 6.18. The number of carbonyl (C=O) groups is 1. The highest BCUT2D eigenvalue weighted by atomic mass is 16.5. The number of rotatable bonds is 6. The minimum atomic E-state index is -0.0128. The third kappa shape index (κ3) is 4.41. The zero-order valence-electron chi connectivity index (χ0n) is 14.4. The van der Waals surface area contributed by atoms with Gasteiger partial charge in [0.05, 0.1) is 13.2 Å². The highest BCUT2D eigenvalue weighted by Gasteiger charge is 2.29. The van der Waals surface area contributed by atoms with Crippen molar-refractivity contribution in [1.82, 2.24) is 15.2 Å². The van der Waals surface area contributed by atoms with E-state index in [1.165, 1.54) is 0 Å². The zero-order valence-corrected chi connectivity index (χ0v) is 14.4. The van der Waals surface area contributed by atoms with Crippen LogP contribution >= 0.6 is 0 Å². The number of urea groups is 1. The van der Waals surface area contributed by atoms with Gasteiger partial charge in [0, 0.05) is 25.8 Å². The molecule has 1 aromatic carbocycles. The number of carbonyl (C=O) groups excluding carboxylic acids is 1. The molecule has 0 spiro atoms. The van der Waals surface area contributed by atoms with E-state index in [1.807, 2.05) is 47.4 Å².